The quantitative estimate of drug-likeness (QED) is 0.645. The molecule has 0 bridgehead atoms. The third kappa shape index (κ3) is 4.37. The minimum atomic E-state index is -0.312. The molecule has 7 nitrogen and oxygen atoms in total. The molecule has 28 heavy (non-hydrogen) atoms. The Bertz CT molecular complexity index is 958. The first-order chi connectivity index (χ1) is 13.6. The molecular weight excluding hydrogens is 356 g/mol. The number of aryl methyl sites for hydroxylation is 1. The molecular formula is C21H22N4O3. The van der Waals surface area contributed by atoms with Crippen LogP contribution in [0.2, 0.25) is 0 Å². The molecule has 7 heteroatoms. The number of anilines is 3. The van der Waals surface area contributed by atoms with Gasteiger partial charge in [0.05, 0.1) is 19.8 Å². The van der Waals surface area contributed by atoms with E-state index in [0.717, 1.165) is 12.1 Å². The lowest BCUT2D eigenvalue weighted by atomic mass is 10.1. The fourth-order valence-corrected chi connectivity index (χ4v) is 2.70. The first-order valence-electron chi connectivity index (χ1n) is 8.85. The number of benzene rings is 2. The highest BCUT2D eigenvalue weighted by atomic mass is 16.5. The van der Waals surface area contributed by atoms with E-state index < -0.39 is 0 Å². The molecule has 3 rings (SSSR count). The summed E-state index contributed by atoms with van der Waals surface area (Å²) in [6.07, 6.45) is 3.87. The van der Waals surface area contributed by atoms with Gasteiger partial charge < -0.3 is 20.1 Å². The SMILES string of the molecule is CCc1ccccc1Nc1ncc(C(=O)Nc2ccc(OC)c(OC)c2)cn1. The van der Waals surface area contributed by atoms with Crippen molar-refractivity contribution in [3.63, 3.8) is 0 Å². The fourth-order valence-electron chi connectivity index (χ4n) is 2.70. The lowest BCUT2D eigenvalue weighted by Gasteiger charge is -2.11. The Hall–Kier alpha value is -3.61. The third-order valence-electron chi connectivity index (χ3n) is 4.20. The molecule has 0 unspecified atom stereocenters. The highest BCUT2D eigenvalue weighted by molar-refractivity contribution is 6.04. The van der Waals surface area contributed by atoms with Gasteiger partial charge in [0.15, 0.2) is 11.5 Å². The molecule has 3 aromatic rings. The summed E-state index contributed by atoms with van der Waals surface area (Å²) in [5.41, 5.74) is 3.06. The van der Waals surface area contributed by atoms with Crippen molar-refractivity contribution < 1.29 is 14.3 Å². The van der Waals surface area contributed by atoms with Crippen molar-refractivity contribution in [2.75, 3.05) is 24.9 Å². The van der Waals surface area contributed by atoms with Gasteiger partial charge in [0.25, 0.3) is 5.91 Å². The van der Waals surface area contributed by atoms with Gasteiger partial charge in [-0.25, -0.2) is 9.97 Å². The average Bonchev–Trinajstić information content (AvgIpc) is 2.74. The number of carbonyl (C=O) groups is 1. The number of carbonyl (C=O) groups excluding carboxylic acids is 1. The van der Waals surface area contributed by atoms with Crippen LogP contribution in [0.5, 0.6) is 11.5 Å². The second-order valence-corrected chi connectivity index (χ2v) is 5.95. The van der Waals surface area contributed by atoms with Crippen LogP contribution in [0, 0.1) is 0 Å². The van der Waals surface area contributed by atoms with Gasteiger partial charge in [0.1, 0.15) is 0 Å². The number of amides is 1. The predicted octanol–water partition coefficient (Wildman–Crippen LogP) is 4.05. The standard InChI is InChI=1S/C21H22N4O3/c1-4-14-7-5-6-8-17(14)25-21-22-12-15(13-23-21)20(26)24-16-9-10-18(27-2)19(11-16)28-3/h5-13H,4H2,1-3H3,(H,24,26)(H,22,23,25). The van der Waals surface area contributed by atoms with Crippen LogP contribution in [0.1, 0.15) is 22.8 Å². The first kappa shape index (κ1) is 19.2. The van der Waals surface area contributed by atoms with Gasteiger partial charge in [-0.3, -0.25) is 4.79 Å². The number of para-hydroxylation sites is 1. The van der Waals surface area contributed by atoms with E-state index in [1.165, 1.54) is 18.0 Å². The third-order valence-corrected chi connectivity index (χ3v) is 4.20. The first-order valence-corrected chi connectivity index (χ1v) is 8.85. The number of hydrogen-bond acceptors (Lipinski definition) is 6. The van der Waals surface area contributed by atoms with Gasteiger partial charge in [-0.15, -0.1) is 0 Å². The maximum atomic E-state index is 12.5. The normalized spacial score (nSPS) is 10.2. The van der Waals surface area contributed by atoms with Crippen LogP contribution in [0.3, 0.4) is 0 Å². The van der Waals surface area contributed by atoms with Crippen molar-refractivity contribution in [3.05, 3.63) is 66.0 Å². The number of hydrogen-bond donors (Lipinski definition) is 2. The van der Waals surface area contributed by atoms with Crippen LogP contribution >= 0.6 is 0 Å². The van der Waals surface area contributed by atoms with E-state index in [9.17, 15) is 4.79 Å². The van der Waals surface area contributed by atoms with Crippen molar-refractivity contribution in [1.82, 2.24) is 9.97 Å². The Morgan fingerprint density at radius 3 is 2.39 bits per heavy atom. The molecule has 0 saturated carbocycles. The Labute approximate surface area is 163 Å². The molecule has 2 N–H and O–H groups in total. The zero-order valence-electron chi connectivity index (χ0n) is 16.0. The minimum Gasteiger partial charge on any atom is -0.493 e. The van der Waals surface area contributed by atoms with Crippen molar-refractivity contribution in [2.24, 2.45) is 0 Å². The van der Waals surface area contributed by atoms with Crippen molar-refractivity contribution in [3.8, 4) is 11.5 Å². The van der Waals surface area contributed by atoms with Gasteiger partial charge in [0, 0.05) is 29.8 Å². The van der Waals surface area contributed by atoms with Crippen LogP contribution in [-0.4, -0.2) is 30.1 Å². The molecule has 0 aliphatic heterocycles. The zero-order chi connectivity index (χ0) is 19.9. The lowest BCUT2D eigenvalue weighted by Crippen LogP contribution is -2.13. The molecule has 1 amide bonds. The molecule has 0 saturated heterocycles. The molecule has 0 aliphatic rings. The summed E-state index contributed by atoms with van der Waals surface area (Å²) in [6, 6.07) is 13.1. The molecule has 1 heterocycles. The zero-order valence-corrected chi connectivity index (χ0v) is 16.0. The van der Waals surface area contributed by atoms with Crippen LogP contribution in [0.15, 0.2) is 54.9 Å². The maximum Gasteiger partial charge on any atom is 0.258 e. The summed E-state index contributed by atoms with van der Waals surface area (Å²) in [5.74, 6) is 1.24. The van der Waals surface area contributed by atoms with E-state index in [2.05, 4.69) is 27.5 Å². The summed E-state index contributed by atoms with van der Waals surface area (Å²) >= 11 is 0. The highest BCUT2D eigenvalue weighted by Gasteiger charge is 2.11. The van der Waals surface area contributed by atoms with Crippen LogP contribution in [-0.2, 0) is 6.42 Å². The van der Waals surface area contributed by atoms with Gasteiger partial charge >= 0.3 is 0 Å². The summed E-state index contributed by atoms with van der Waals surface area (Å²) in [7, 11) is 3.10. The summed E-state index contributed by atoms with van der Waals surface area (Å²) in [5, 5.41) is 5.98. The molecule has 0 aliphatic carbocycles. The smallest absolute Gasteiger partial charge is 0.258 e. The summed E-state index contributed by atoms with van der Waals surface area (Å²) in [6.45, 7) is 2.09. The number of methoxy groups -OCH3 is 2. The topological polar surface area (TPSA) is 85.4 Å². The van der Waals surface area contributed by atoms with E-state index in [-0.39, 0.29) is 5.91 Å². The number of rotatable bonds is 7. The number of ether oxygens (including phenoxy) is 2. The largest absolute Gasteiger partial charge is 0.493 e. The van der Waals surface area contributed by atoms with Crippen molar-refractivity contribution >= 4 is 23.2 Å². The summed E-state index contributed by atoms with van der Waals surface area (Å²) < 4.78 is 10.4. The number of aromatic nitrogens is 2. The van der Waals surface area contributed by atoms with E-state index in [1.807, 2.05) is 24.3 Å². The van der Waals surface area contributed by atoms with Gasteiger partial charge in [-0.2, -0.15) is 0 Å². The fraction of sp³-hybridized carbons (Fsp3) is 0.190. The van der Waals surface area contributed by atoms with Crippen molar-refractivity contribution in [1.29, 1.82) is 0 Å². The van der Waals surface area contributed by atoms with Crippen molar-refractivity contribution in [2.45, 2.75) is 13.3 Å². The Morgan fingerprint density at radius 2 is 1.71 bits per heavy atom. The molecule has 2 aromatic carbocycles. The lowest BCUT2D eigenvalue weighted by molar-refractivity contribution is 0.102. The molecule has 0 fully saturated rings. The maximum absolute atomic E-state index is 12.5. The Morgan fingerprint density at radius 1 is 1.00 bits per heavy atom. The second kappa shape index (κ2) is 8.85. The second-order valence-electron chi connectivity index (χ2n) is 5.95. The Balaban J connectivity index is 1.70. The van der Waals surface area contributed by atoms with E-state index in [1.54, 1.807) is 32.4 Å². The monoisotopic (exact) mass is 378 g/mol. The molecule has 0 spiro atoms. The van der Waals surface area contributed by atoms with Gasteiger partial charge in [-0.1, -0.05) is 25.1 Å². The molecule has 1 aromatic heterocycles. The number of nitrogens with zero attached hydrogens (tertiary/aromatic N) is 2. The predicted molar refractivity (Wildman–Crippen MR) is 109 cm³/mol. The van der Waals surface area contributed by atoms with Gasteiger partial charge in [-0.05, 0) is 30.2 Å². The highest BCUT2D eigenvalue weighted by Crippen LogP contribution is 2.29. The van der Waals surface area contributed by atoms with Crippen LogP contribution in [0.25, 0.3) is 0 Å². The molecule has 0 atom stereocenters. The number of nitrogens with one attached hydrogen (secondary N) is 2. The average molecular weight is 378 g/mol. The van der Waals surface area contributed by atoms with Crippen LogP contribution < -0.4 is 20.1 Å². The summed E-state index contributed by atoms with van der Waals surface area (Å²) in [4.78, 5) is 20.9. The Kier molecular flexibility index (Phi) is 6.06. The molecule has 0 radical (unpaired) electrons. The van der Waals surface area contributed by atoms with E-state index >= 15 is 0 Å². The molecule has 144 valence electrons. The van der Waals surface area contributed by atoms with Crippen LogP contribution in [0.4, 0.5) is 17.3 Å². The van der Waals surface area contributed by atoms with E-state index in [4.69, 9.17) is 9.47 Å². The minimum absolute atomic E-state index is 0.312. The van der Waals surface area contributed by atoms with Gasteiger partial charge in [0.2, 0.25) is 5.95 Å². The van der Waals surface area contributed by atoms with E-state index in [0.29, 0.717) is 28.7 Å².